The van der Waals surface area contributed by atoms with Crippen molar-refractivity contribution in [2.24, 2.45) is 0 Å². The van der Waals surface area contributed by atoms with E-state index in [4.69, 9.17) is 0 Å². The molecule has 0 bridgehead atoms. The summed E-state index contributed by atoms with van der Waals surface area (Å²) in [7, 11) is 0. The fourth-order valence-corrected chi connectivity index (χ4v) is 2.28. The highest BCUT2D eigenvalue weighted by molar-refractivity contribution is 6.05. The molecule has 0 atom stereocenters. The van der Waals surface area contributed by atoms with Gasteiger partial charge in [0.25, 0.3) is 0 Å². The van der Waals surface area contributed by atoms with E-state index >= 15 is 0 Å². The van der Waals surface area contributed by atoms with Gasteiger partial charge in [0.1, 0.15) is 0 Å². The fraction of sp³-hybridized carbons (Fsp3) is 0.429. The maximum Gasteiger partial charge on any atom is 0.328 e. The van der Waals surface area contributed by atoms with Gasteiger partial charge in [-0.25, -0.2) is 4.79 Å². The molecule has 1 saturated heterocycles. The van der Waals surface area contributed by atoms with Crippen molar-refractivity contribution in [1.29, 1.82) is 0 Å². The average Bonchev–Trinajstić information content (AvgIpc) is 2.37. The van der Waals surface area contributed by atoms with E-state index in [1.165, 1.54) is 11.0 Å². The Morgan fingerprint density at radius 1 is 1.32 bits per heavy atom. The van der Waals surface area contributed by atoms with Crippen molar-refractivity contribution >= 4 is 23.3 Å². The Hall–Kier alpha value is -2.64. The molecule has 1 aromatic carbocycles. The zero-order valence-electron chi connectivity index (χ0n) is 12.5. The second-order valence-electron chi connectivity index (χ2n) is 6.12. The second kappa shape index (κ2) is 5.28. The van der Waals surface area contributed by atoms with Gasteiger partial charge in [-0.1, -0.05) is 20.8 Å². The first-order valence-corrected chi connectivity index (χ1v) is 6.74. The molecule has 1 aliphatic rings. The number of nitro groups is 1. The van der Waals surface area contributed by atoms with E-state index in [1.54, 1.807) is 20.8 Å². The quantitative estimate of drug-likeness (QED) is 0.641. The van der Waals surface area contributed by atoms with Crippen LogP contribution < -0.4 is 10.2 Å². The Labute approximate surface area is 126 Å². The van der Waals surface area contributed by atoms with Crippen LogP contribution in [-0.4, -0.2) is 28.5 Å². The molecule has 118 valence electrons. The summed E-state index contributed by atoms with van der Waals surface area (Å²) in [6, 6.07) is 2.05. The summed E-state index contributed by atoms with van der Waals surface area (Å²) >= 11 is 0. The summed E-state index contributed by atoms with van der Waals surface area (Å²) in [6.07, 6.45) is 0.116. The molecule has 22 heavy (non-hydrogen) atoms. The Kier molecular flexibility index (Phi) is 3.78. The minimum atomic E-state index is -0.693. The van der Waals surface area contributed by atoms with Crippen LogP contribution in [0.2, 0.25) is 0 Å². The lowest BCUT2D eigenvalue weighted by atomic mass is 9.85. The molecule has 2 rings (SSSR count). The minimum Gasteiger partial charge on any atom is -0.502 e. The molecular weight excluding hydrogens is 290 g/mol. The standard InChI is InChI=1S/C14H17N3O5/c1-14(2,3)9-6-8(7-10(12(9)19)17(21)22)16-5-4-11(18)15-13(16)20/h6-7,19H,4-5H2,1-3H3,(H,15,18,20). The van der Waals surface area contributed by atoms with Crippen molar-refractivity contribution in [3.05, 3.63) is 27.8 Å². The zero-order chi connectivity index (χ0) is 16.7. The SMILES string of the molecule is CC(C)(C)c1cc(N2CCC(=O)NC2=O)cc([N+](=O)[O-])c1O. The molecule has 0 radical (unpaired) electrons. The lowest BCUT2D eigenvalue weighted by molar-refractivity contribution is -0.385. The lowest BCUT2D eigenvalue weighted by Crippen LogP contribution is -2.49. The number of aromatic hydroxyl groups is 1. The number of carbonyl (C=O) groups is 2. The molecule has 8 heteroatoms. The topological polar surface area (TPSA) is 113 Å². The molecule has 1 heterocycles. The van der Waals surface area contributed by atoms with Crippen molar-refractivity contribution in [3.63, 3.8) is 0 Å². The number of rotatable bonds is 2. The normalized spacial score (nSPS) is 15.7. The molecule has 0 saturated carbocycles. The molecule has 2 N–H and O–H groups in total. The maximum atomic E-state index is 11.9. The van der Waals surface area contributed by atoms with Crippen LogP contribution in [0, 0.1) is 10.1 Å². The number of nitro benzene ring substituents is 1. The van der Waals surface area contributed by atoms with Gasteiger partial charge in [-0.3, -0.25) is 25.1 Å². The largest absolute Gasteiger partial charge is 0.502 e. The van der Waals surface area contributed by atoms with Gasteiger partial charge in [-0.2, -0.15) is 0 Å². The van der Waals surface area contributed by atoms with E-state index < -0.39 is 27.8 Å². The third-order valence-corrected chi connectivity index (χ3v) is 3.44. The number of nitrogens with one attached hydrogen (secondary N) is 1. The first-order chi connectivity index (χ1) is 10.1. The highest BCUT2D eigenvalue weighted by Crippen LogP contribution is 2.41. The van der Waals surface area contributed by atoms with Crippen molar-refractivity contribution in [2.45, 2.75) is 32.6 Å². The Balaban J connectivity index is 2.57. The van der Waals surface area contributed by atoms with Crippen LogP contribution in [0.15, 0.2) is 12.1 Å². The number of imide groups is 1. The molecular formula is C14H17N3O5. The van der Waals surface area contributed by atoms with Crippen molar-refractivity contribution in [1.82, 2.24) is 5.32 Å². The highest BCUT2D eigenvalue weighted by atomic mass is 16.6. The first kappa shape index (κ1) is 15.7. The van der Waals surface area contributed by atoms with Gasteiger partial charge < -0.3 is 5.11 Å². The number of phenolic OH excluding ortho intramolecular Hbond substituents is 1. The maximum absolute atomic E-state index is 11.9. The van der Waals surface area contributed by atoms with Gasteiger partial charge in [-0.05, 0) is 11.5 Å². The number of carbonyl (C=O) groups excluding carboxylic acids is 2. The minimum absolute atomic E-state index is 0.116. The molecule has 0 spiro atoms. The molecule has 0 aliphatic carbocycles. The van der Waals surface area contributed by atoms with E-state index in [0.717, 1.165) is 6.07 Å². The molecule has 0 unspecified atom stereocenters. The third-order valence-electron chi connectivity index (χ3n) is 3.44. The molecule has 1 aliphatic heterocycles. The molecule has 3 amide bonds. The average molecular weight is 307 g/mol. The number of phenols is 1. The van der Waals surface area contributed by atoms with Crippen LogP contribution in [-0.2, 0) is 10.2 Å². The number of anilines is 1. The summed E-state index contributed by atoms with van der Waals surface area (Å²) < 4.78 is 0. The smallest absolute Gasteiger partial charge is 0.328 e. The van der Waals surface area contributed by atoms with E-state index in [-0.39, 0.29) is 24.6 Å². The number of urea groups is 1. The van der Waals surface area contributed by atoms with Crippen LogP contribution in [0.25, 0.3) is 0 Å². The first-order valence-electron chi connectivity index (χ1n) is 6.74. The van der Waals surface area contributed by atoms with Gasteiger partial charge in [0.15, 0.2) is 5.75 Å². The summed E-state index contributed by atoms with van der Waals surface area (Å²) in [5.74, 6) is -0.791. The van der Waals surface area contributed by atoms with Crippen LogP contribution in [0.4, 0.5) is 16.2 Å². The lowest BCUT2D eigenvalue weighted by Gasteiger charge is -2.28. The van der Waals surface area contributed by atoms with Gasteiger partial charge in [0, 0.05) is 24.6 Å². The Morgan fingerprint density at radius 2 is 1.95 bits per heavy atom. The fourth-order valence-electron chi connectivity index (χ4n) is 2.28. The number of hydrogen-bond acceptors (Lipinski definition) is 5. The summed E-state index contributed by atoms with van der Waals surface area (Å²) in [4.78, 5) is 34.8. The van der Waals surface area contributed by atoms with E-state index in [2.05, 4.69) is 5.32 Å². The predicted octanol–water partition coefficient (Wildman–Crippen LogP) is 2.04. The van der Waals surface area contributed by atoms with Crippen molar-refractivity contribution in [3.8, 4) is 5.75 Å². The van der Waals surface area contributed by atoms with E-state index in [9.17, 15) is 24.8 Å². The van der Waals surface area contributed by atoms with E-state index in [0.29, 0.717) is 5.56 Å². The highest BCUT2D eigenvalue weighted by Gasteiger charge is 2.31. The summed E-state index contributed by atoms with van der Waals surface area (Å²) in [5.41, 5.74) is -0.375. The number of nitrogens with zero attached hydrogens (tertiary/aromatic N) is 2. The molecule has 1 fully saturated rings. The number of benzene rings is 1. The second-order valence-corrected chi connectivity index (χ2v) is 6.12. The Morgan fingerprint density at radius 3 is 2.45 bits per heavy atom. The van der Waals surface area contributed by atoms with Crippen LogP contribution in [0.3, 0.4) is 0 Å². The van der Waals surface area contributed by atoms with Gasteiger partial charge in [0.2, 0.25) is 5.91 Å². The molecule has 8 nitrogen and oxygen atoms in total. The number of hydrogen-bond donors (Lipinski definition) is 2. The van der Waals surface area contributed by atoms with Crippen LogP contribution in [0.1, 0.15) is 32.8 Å². The summed E-state index contributed by atoms with van der Waals surface area (Å²) in [5, 5.41) is 23.4. The van der Waals surface area contributed by atoms with Crippen molar-refractivity contribution < 1.29 is 19.6 Å². The van der Waals surface area contributed by atoms with E-state index in [1.807, 2.05) is 0 Å². The third kappa shape index (κ3) is 2.85. The summed E-state index contributed by atoms with van der Waals surface area (Å²) in [6.45, 7) is 5.54. The van der Waals surface area contributed by atoms with Gasteiger partial charge >= 0.3 is 11.7 Å². The van der Waals surface area contributed by atoms with Crippen LogP contribution in [0.5, 0.6) is 5.75 Å². The molecule has 0 aromatic heterocycles. The monoisotopic (exact) mass is 307 g/mol. The van der Waals surface area contributed by atoms with Gasteiger partial charge in [0.05, 0.1) is 10.6 Å². The van der Waals surface area contributed by atoms with Gasteiger partial charge in [-0.15, -0.1) is 0 Å². The van der Waals surface area contributed by atoms with Crippen molar-refractivity contribution in [2.75, 3.05) is 11.4 Å². The van der Waals surface area contributed by atoms with Crippen LogP contribution >= 0.6 is 0 Å². The zero-order valence-corrected chi connectivity index (χ0v) is 12.5. The Bertz CT molecular complexity index is 663. The molecule has 1 aromatic rings. The number of amides is 3. The predicted molar refractivity (Wildman–Crippen MR) is 79.0 cm³/mol.